The van der Waals surface area contributed by atoms with Crippen LogP contribution in [0.4, 0.5) is 0 Å². The molecule has 1 aliphatic rings. The Morgan fingerprint density at radius 1 is 1.50 bits per heavy atom. The molecule has 3 atom stereocenters. The van der Waals surface area contributed by atoms with Gasteiger partial charge < -0.3 is 15.5 Å². The van der Waals surface area contributed by atoms with Crippen LogP contribution >= 0.6 is 0 Å². The molecule has 18 heavy (non-hydrogen) atoms. The summed E-state index contributed by atoms with van der Waals surface area (Å²) in [6.07, 6.45) is 2.81. The number of amides is 1. The summed E-state index contributed by atoms with van der Waals surface area (Å²) in [5.74, 6) is 0.639. The second kappa shape index (κ2) is 7.10. The summed E-state index contributed by atoms with van der Waals surface area (Å²) in [5.41, 5.74) is 5.93. The Balaban J connectivity index is 2.56. The molecule has 106 valence electrons. The van der Waals surface area contributed by atoms with Crippen LogP contribution in [0.1, 0.15) is 40.0 Å². The fourth-order valence-corrected chi connectivity index (χ4v) is 2.94. The molecule has 0 aromatic heterocycles. The van der Waals surface area contributed by atoms with E-state index in [9.17, 15) is 4.79 Å². The Morgan fingerprint density at radius 2 is 2.17 bits per heavy atom. The number of hydrogen-bond acceptors (Lipinski definition) is 3. The molecule has 0 saturated carbocycles. The van der Waals surface area contributed by atoms with Gasteiger partial charge in [-0.25, -0.2) is 0 Å². The third-order valence-electron chi connectivity index (χ3n) is 4.15. The Bertz CT molecular complexity index is 270. The van der Waals surface area contributed by atoms with Crippen molar-refractivity contribution < 1.29 is 4.79 Å². The number of piperidine rings is 1. The zero-order valence-electron chi connectivity index (χ0n) is 12.4. The van der Waals surface area contributed by atoms with E-state index in [1.807, 2.05) is 11.9 Å². The largest absolute Gasteiger partial charge is 0.341 e. The maximum absolute atomic E-state index is 12.2. The molecule has 1 fully saturated rings. The van der Waals surface area contributed by atoms with Crippen molar-refractivity contribution in [2.75, 3.05) is 26.7 Å². The van der Waals surface area contributed by atoms with Gasteiger partial charge in [-0.15, -0.1) is 0 Å². The molecule has 3 unspecified atom stereocenters. The highest BCUT2D eigenvalue weighted by molar-refractivity contribution is 5.81. The SMILES string of the molecule is CCCC(N)C(=O)N(C)C1CCN(CC)CC1C. The molecule has 0 aromatic rings. The van der Waals surface area contributed by atoms with Crippen LogP contribution in [0.5, 0.6) is 0 Å². The number of carbonyl (C=O) groups excluding carboxylic acids is 1. The number of nitrogens with two attached hydrogens (primary N) is 1. The first-order chi connectivity index (χ1) is 8.51. The van der Waals surface area contributed by atoms with Crippen molar-refractivity contribution in [3.05, 3.63) is 0 Å². The number of likely N-dealkylation sites (tertiary alicyclic amines) is 1. The van der Waals surface area contributed by atoms with Crippen LogP contribution in [0.15, 0.2) is 0 Å². The van der Waals surface area contributed by atoms with Gasteiger partial charge in [0.05, 0.1) is 6.04 Å². The molecule has 2 N–H and O–H groups in total. The highest BCUT2D eigenvalue weighted by Crippen LogP contribution is 2.21. The third kappa shape index (κ3) is 3.69. The highest BCUT2D eigenvalue weighted by atomic mass is 16.2. The molecule has 4 heteroatoms. The number of rotatable bonds is 5. The van der Waals surface area contributed by atoms with Crippen LogP contribution < -0.4 is 5.73 Å². The van der Waals surface area contributed by atoms with Crippen molar-refractivity contribution in [2.45, 2.75) is 52.1 Å². The van der Waals surface area contributed by atoms with E-state index in [0.29, 0.717) is 12.0 Å². The first kappa shape index (κ1) is 15.4. The van der Waals surface area contributed by atoms with Crippen molar-refractivity contribution in [1.82, 2.24) is 9.80 Å². The summed E-state index contributed by atoms with van der Waals surface area (Å²) in [6, 6.07) is 0.0274. The minimum Gasteiger partial charge on any atom is -0.341 e. The topological polar surface area (TPSA) is 49.6 Å². The third-order valence-corrected chi connectivity index (χ3v) is 4.15. The second-order valence-corrected chi connectivity index (χ2v) is 5.57. The molecule has 0 bridgehead atoms. The Hall–Kier alpha value is -0.610. The fourth-order valence-electron chi connectivity index (χ4n) is 2.94. The van der Waals surface area contributed by atoms with Crippen LogP contribution in [-0.2, 0) is 4.79 Å². The molecular formula is C14H29N3O. The maximum Gasteiger partial charge on any atom is 0.239 e. The summed E-state index contributed by atoms with van der Waals surface area (Å²) in [6.45, 7) is 9.77. The lowest BCUT2D eigenvalue weighted by Crippen LogP contribution is -2.54. The lowest BCUT2D eigenvalue weighted by atomic mass is 9.92. The lowest BCUT2D eigenvalue weighted by Gasteiger charge is -2.41. The van der Waals surface area contributed by atoms with Crippen molar-refractivity contribution >= 4 is 5.91 Å². The van der Waals surface area contributed by atoms with E-state index in [4.69, 9.17) is 5.73 Å². The van der Waals surface area contributed by atoms with E-state index in [0.717, 1.165) is 38.9 Å². The first-order valence-corrected chi connectivity index (χ1v) is 7.25. The summed E-state index contributed by atoms with van der Waals surface area (Å²) < 4.78 is 0. The number of likely N-dealkylation sites (N-methyl/N-ethyl adjacent to an activating group) is 1. The first-order valence-electron chi connectivity index (χ1n) is 7.25. The summed E-state index contributed by atoms with van der Waals surface area (Å²) in [7, 11) is 1.92. The standard InChI is InChI=1S/C14H29N3O/c1-5-7-12(15)14(18)16(4)13-8-9-17(6-2)10-11(13)3/h11-13H,5-10,15H2,1-4H3. The maximum atomic E-state index is 12.2. The predicted molar refractivity (Wildman–Crippen MR) is 75.3 cm³/mol. The molecule has 0 aliphatic carbocycles. The zero-order valence-corrected chi connectivity index (χ0v) is 12.4. The molecule has 1 amide bonds. The minimum absolute atomic E-state index is 0.110. The number of hydrogen-bond donors (Lipinski definition) is 1. The van der Waals surface area contributed by atoms with E-state index in [2.05, 4.69) is 25.7 Å². The fraction of sp³-hybridized carbons (Fsp3) is 0.929. The average molecular weight is 255 g/mol. The Morgan fingerprint density at radius 3 is 2.67 bits per heavy atom. The van der Waals surface area contributed by atoms with Gasteiger partial charge >= 0.3 is 0 Å². The van der Waals surface area contributed by atoms with Gasteiger partial charge in [-0.05, 0) is 25.3 Å². The molecule has 1 saturated heterocycles. The molecule has 0 aromatic carbocycles. The van der Waals surface area contributed by atoms with E-state index >= 15 is 0 Å². The Kier molecular flexibility index (Phi) is 6.09. The molecule has 1 heterocycles. The van der Waals surface area contributed by atoms with Crippen LogP contribution in [0.25, 0.3) is 0 Å². The van der Waals surface area contributed by atoms with E-state index in [-0.39, 0.29) is 11.9 Å². The van der Waals surface area contributed by atoms with Crippen LogP contribution in [0, 0.1) is 5.92 Å². The summed E-state index contributed by atoms with van der Waals surface area (Å²) >= 11 is 0. The smallest absolute Gasteiger partial charge is 0.239 e. The quantitative estimate of drug-likeness (QED) is 0.805. The van der Waals surface area contributed by atoms with Gasteiger partial charge in [0.2, 0.25) is 5.91 Å². The van der Waals surface area contributed by atoms with E-state index in [1.165, 1.54) is 0 Å². The minimum atomic E-state index is -0.323. The lowest BCUT2D eigenvalue weighted by molar-refractivity contribution is -0.135. The van der Waals surface area contributed by atoms with Gasteiger partial charge in [0.15, 0.2) is 0 Å². The molecule has 1 rings (SSSR count). The molecular weight excluding hydrogens is 226 g/mol. The van der Waals surface area contributed by atoms with Crippen molar-refractivity contribution in [3.8, 4) is 0 Å². The van der Waals surface area contributed by atoms with Gasteiger partial charge in [0.25, 0.3) is 0 Å². The van der Waals surface area contributed by atoms with Crippen LogP contribution in [0.3, 0.4) is 0 Å². The van der Waals surface area contributed by atoms with E-state index < -0.39 is 0 Å². The average Bonchev–Trinajstić information content (AvgIpc) is 2.37. The molecule has 4 nitrogen and oxygen atoms in total. The monoisotopic (exact) mass is 255 g/mol. The highest BCUT2D eigenvalue weighted by Gasteiger charge is 2.32. The molecule has 0 radical (unpaired) electrons. The normalized spacial score (nSPS) is 26.9. The van der Waals surface area contributed by atoms with Gasteiger partial charge in [-0.2, -0.15) is 0 Å². The zero-order chi connectivity index (χ0) is 13.7. The van der Waals surface area contributed by atoms with Crippen molar-refractivity contribution in [1.29, 1.82) is 0 Å². The van der Waals surface area contributed by atoms with Crippen LogP contribution in [0.2, 0.25) is 0 Å². The number of carbonyl (C=O) groups is 1. The van der Waals surface area contributed by atoms with Gasteiger partial charge in [0, 0.05) is 26.2 Å². The predicted octanol–water partition coefficient (Wildman–Crippen LogP) is 1.30. The summed E-state index contributed by atoms with van der Waals surface area (Å²) in [4.78, 5) is 16.6. The van der Waals surface area contributed by atoms with Gasteiger partial charge in [0.1, 0.15) is 0 Å². The van der Waals surface area contributed by atoms with Crippen molar-refractivity contribution in [2.24, 2.45) is 11.7 Å². The summed E-state index contributed by atoms with van der Waals surface area (Å²) in [5, 5.41) is 0. The van der Waals surface area contributed by atoms with Crippen molar-refractivity contribution in [3.63, 3.8) is 0 Å². The van der Waals surface area contributed by atoms with Gasteiger partial charge in [-0.3, -0.25) is 4.79 Å². The van der Waals surface area contributed by atoms with Crippen LogP contribution in [-0.4, -0.2) is 54.5 Å². The second-order valence-electron chi connectivity index (χ2n) is 5.57. The molecule has 1 aliphatic heterocycles. The van der Waals surface area contributed by atoms with Gasteiger partial charge in [-0.1, -0.05) is 27.2 Å². The van der Waals surface area contributed by atoms with E-state index in [1.54, 1.807) is 0 Å². The Labute approximate surface area is 111 Å². The number of nitrogens with zero attached hydrogens (tertiary/aromatic N) is 2. The molecule has 0 spiro atoms.